The number of hydrogen-bond donors (Lipinski definition) is 0. The first-order chi connectivity index (χ1) is 8.42. The molecular formula is C15H21NO. The van der Waals surface area contributed by atoms with E-state index in [4.69, 9.17) is 4.74 Å². The van der Waals surface area contributed by atoms with Crippen LogP contribution in [0.1, 0.15) is 32.1 Å². The topological polar surface area (TPSA) is 12.5 Å². The molecule has 2 heteroatoms. The Hall–Kier alpha value is -1.18. The number of anilines is 1. The number of rotatable bonds is 4. The molecule has 0 aromatic heterocycles. The molecule has 2 aliphatic rings. The largest absolute Gasteiger partial charge is 0.493 e. The maximum absolute atomic E-state index is 5.81. The van der Waals surface area contributed by atoms with Gasteiger partial charge in [-0.25, -0.2) is 0 Å². The minimum atomic E-state index is 0.813. The van der Waals surface area contributed by atoms with E-state index >= 15 is 0 Å². The first-order valence-corrected chi connectivity index (χ1v) is 6.89. The molecule has 0 amide bonds. The van der Waals surface area contributed by atoms with Gasteiger partial charge in [0.05, 0.1) is 6.61 Å². The lowest BCUT2D eigenvalue weighted by molar-refractivity contribution is 0.180. The van der Waals surface area contributed by atoms with Crippen LogP contribution < -0.4 is 9.64 Å². The fourth-order valence-electron chi connectivity index (χ4n) is 2.60. The molecule has 2 nitrogen and oxygen atoms in total. The quantitative estimate of drug-likeness (QED) is 0.786. The third-order valence-corrected chi connectivity index (χ3v) is 4.02. The van der Waals surface area contributed by atoms with E-state index in [-0.39, 0.29) is 0 Å². The summed E-state index contributed by atoms with van der Waals surface area (Å²) >= 11 is 0. The van der Waals surface area contributed by atoms with Gasteiger partial charge >= 0.3 is 0 Å². The van der Waals surface area contributed by atoms with E-state index in [1.807, 2.05) is 0 Å². The lowest BCUT2D eigenvalue weighted by Gasteiger charge is -2.25. The monoisotopic (exact) mass is 231 g/mol. The van der Waals surface area contributed by atoms with Gasteiger partial charge in [0.15, 0.2) is 0 Å². The maximum Gasteiger partial charge on any atom is 0.119 e. The smallest absolute Gasteiger partial charge is 0.119 e. The average molecular weight is 231 g/mol. The second-order valence-corrected chi connectivity index (χ2v) is 5.30. The highest BCUT2D eigenvalue weighted by Crippen LogP contribution is 2.28. The van der Waals surface area contributed by atoms with Gasteiger partial charge < -0.3 is 9.64 Å². The minimum absolute atomic E-state index is 0.813. The fraction of sp³-hybridized carbons (Fsp3) is 0.600. The van der Waals surface area contributed by atoms with E-state index in [9.17, 15) is 0 Å². The van der Waals surface area contributed by atoms with E-state index in [2.05, 4.69) is 29.2 Å². The molecule has 0 radical (unpaired) electrons. The lowest BCUT2D eigenvalue weighted by Crippen LogP contribution is -2.19. The summed E-state index contributed by atoms with van der Waals surface area (Å²) in [6, 6.07) is 8.63. The molecule has 1 aliphatic heterocycles. The van der Waals surface area contributed by atoms with Gasteiger partial charge in [-0.15, -0.1) is 0 Å². The second-order valence-electron chi connectivity index (χ2n) is 5.30. The zero-order valence-corrected chi connectivity index (χ0v) is 10.4. The molecule has 0 bridgehead atoms. The SMILES string of the molecule is c1cc(N2CCCC2)ccc1OCC1CCC1. The van der Waals surface area contributed by atoms with E-state index in [0.29, 0.717) is 0 Å². The van der Waals surface area contributed by atoms with Gasteiger partial charge in [-0.2, -0.15) is 0 Å². The predicted molar refractivity (Wildman–Crippen MR) is 70.7 cm³/mol. The highest BCUT2D eigenvalue weighted by atomic mass is 16.5. The number of nitrogens with zero attached hydrogens (tertiary/aromatic N) is 1. The Bertz CT molecular complexity index is 350. The standard InChI is InChI=1S/C15H21NO/c1-2-11-16(10-1)14-6-8-15(9-7-14)17-12-13-4-3-5-13/h6-9,13H,1-5,10-12H2. The van der Waals surface area contributed by atoms with E-state index in [0.717, 1.165) is 18.3 Å². The van der Waals surface area contributed by atoms with Crippen molar-refractivity contribution in [2.75, 3.05) is 24.6 Å². The van der Waals surface area contributed by atoms with Crippen LogP contribution in [0.15, 0.2) is 24.3 Å². The van der Waals surface area contributed by atoms with Crippen LogP contribution in [0.4, 0.5) is 5.69 Å². The van der Waals surface area contributed by atoms with Crippen molar-refractivity contribution in [3.8, 4) is 5.75 Å². The minimum Gasteiger partial charge on any atom is -0.493 e. The molecule has 17 heavy (non-hydrogen) atoms. The summed E-state index contributed by atoms with van der Waals surface area (Å²) in [7, 11) is 0. The molecule has 0 atom stereocenters. The normalized spacial score (nSPS) is 20.4. The lowest BCUT2D eigenvalue weighted by atomic mass is 9.86. The summed E-state index contributed by atoms with van der Waals surface area (Å²) in [5.41, 5.74) is 1.35. The summed E-state index contributed by atoms with van der Waals surface area (Å²) in [5, 5.41) is 0. The van der Waals surface area contributed by atoms with Crippen molar-refractivity contribution in [1.82, 2.24) is 0 Å². The highest BCUT2D eigenvalue weighted by Gasteiger charge is 2.18. The molecule has 0 spiro atoms. The molecule has 2 fully saturated rings. The number of hydrogen-bond acceptors (Lipinski definition) is 2. The van der Waals surface area contributed by atoms with Gasteiger partial charge in [-0.05, 0) is 55.9 Å². The van der Waals surface area contributed by atoms with Crippen LogP contribution in [0, 0.1) is 5.92 Å². The van der Waals surface area contributed by atoms with Crippen LogP contribution in [0.5, 0.6) is 5.75 Å². The molecule has 3 rings (SSSR count). The van der Waals surface area contributed by atoms with Crippen LogP contribution in [-0.4, -0.2) is 19.7 Å². The molecule has 1 saturated heterocycles. The Labute approximate surface area is 104 Å². The van der Waals surface area contributed by atoms with Crippen molar-refractivity contribution in [3.63, 3.8) is 0 Å². The third-order valence-electron chi connectivity index (χ3n) is 4.02. The van der Waals surface area contributed by atoms with Crippen molar-refractivity contribution in [1.29, 1.82) is 0 Å². The third kappa shape index (κ3) is 2.56. The Balaban J connectivity index is 1.55. The first-order valence-electron chi connectivity index (χ1n) is 6.89. The van der Waals surface area contributed by atoms with Crippen molar-refractivity contribution in [2.45, 2.75) is 32.1 Å². The van der Waals surface area contributed by atoms with Gasteiger partial charge in [-0.1, -0.05) is 6.42 Å². The summed E-state index contributed by atoms with van der Waals surface area (Å²) in [4.78, 5) is 2.45. The molecule has 1 saturated carbocycles. The van der Waals surface area contributed by atoms with E-state index < -0.39 is 0 Å². The van der Waals surface area contributed by atoms with Gasteiger partial charge in [0, 0.05) is 18.8 Å². The van der Waals surface area contributed by atoms with Gasteiger partial charge in [0.2, 0.25) is 0 Å². The highest BCUT2D eigenvalue weighted by molar-refractivity contribution is 5.49. The van der Waals surface area contributed by atoms with Gasteiger partial charge in [0.1, 0.15) is 5.75 Å². The van der Waals surface area contributed by atoms with Crippen molar-refractivity contribution in [3.05, 3.63) is 24.3 Å². The van der Waals surface area contributed by atoms with Crippen molar-refractivity contribution < 1.29 is 4.74 Å². The summed E-state index contributed by atoms with van der Waals surface area (Å²) in [6.07, 6.45) is 6.76. The van der Waals surface area contributed by atoms with Gasteiger partial charge in [0.25, 0.3) is 0 Å². The molecule has 0 N–H and O–H groups in total. The summed E-state index contributed by atoms with van der Waals surface area (Å²) < 4.78 is 5.81. The molecule has 1 aromatic rings. The molecule has 92 valence electrons. The summed E-state index contributed by atoms with van der Waals surface area (Å²) in [6.45, 7) is 3.33. The Kier molecular flexibility index (Phi) is 3.21. The summed E-state index contributed by atoms with van der Waals surface area (Å²) in [5.74, 6) is 1.84. The molecule has 1 heterocycles. The van der Waals surface area contributed by atoms with E-state index in [1.54, 1.807) is 0 Å². The molecular weight excluding hydrogens is 210 g/mol. The molecule has 0 unspecified atom stereocenters. The number of ether oxygens (including phenoxy) is 1. The second kappa shape index (κ2) is 4.99. The zero-order valence-electron chi connectivity index (χ0n) is 10.4. The van der Waals surface area contributed by atoms with Crippen LogP contribution >= 0.6 is 0 Å². The molecule has 1 aromatic carbocycles. The van der Waals surface area contributed by atoms with Crippen LogP contribution in [0.25, 0.3) is 0 Å². The average Bonchev–Trinajstić information content (AvgIpc) is 2.81. The van der Waals surface area contributed by atoms with Crippen molar-refractivity contribution >= 4 is 5.69 Å². The molecule has 1 aliphatic carbocycles. The first kappa shape index (κ1) is 10.9. The van der Waals surface area contributed by atoms with Gasteiger partial charge in [-0.3, -0.25) is 0 Å². The number of benzene rings is 1. The van der Waals surface area contributed by atoms with E-state index in [1.165, 1.54) is 50.9 Å². The Morgan fingerprint density at radius 3 is 2.29 bits per heavy atom. The zero-order chi connectivity index (χ0) is 11.5. The predicted octanol–water partition coefficient (Wildman–Crippen LogP) is 3.47. The Morgan fingerprint density at radius 1 is 1.00 bits per heavy atom. The van der Waals surface area contributed by atoms with Crippen LogP contribution in [0.3, 0.4) is 0 Å². The maximum atomic E-state index is 5.81. The van der Waals surface area contributed by atoms with Crippen LogP contribution in [0.2, 0.25) is 0 Å². The Morgan fingerprint density at radius 2 is 1.71 bits per heavy atom. The fourth-order valence-corrected chi connectivity index (χ4v) is 2.60. The van der Waals surface area contributed by atoms with Crippen molar-refractivity contribution in [2.24, 2.45) is 5.92 Å². The van der Waals surface area contributed by atoms with Crippen LogP contribution in [-0.2, 0) is 0 Å².